The molecule has 162 valence electrons. The molecule has 0 amide bonds. The Balaban J connectivity index is 1.50. The van der Waals surface area contributed by atoms with Gasteiger partial charge in [-0.2, -0.15) is 0 Å². The number of hydrogen-bond donors (Lipinski definition) is 2. The average molecular weight is 421 g/mol. The highest BCUT2D eigenvalue weighted by Crippen LogP contribution is 2.37. The number of anilines is 1. The summed E-state index contributed by atoms with van der Waals surface area (Å²) < 4.78 is 19.9. The van der Waals surface area contributed by atoms with Crippen LogP contribution in [0.15, 0.2) is 47.0 Å². The fraction of sp³-hybridized carbons (Fsp3) is 0.440. The molecule has 3 aromatic rings. The Morgan fingerprint density at radius 1 is 0.935 bits per heavy atom. The van der Waals surface area contributed by atoms with Gasteiger partial charge < -0.3 is 15.1 Å². The molecule has 5 nitrogen and oxygen atoms in total. The van der Waals surface area contributed by atoms with Crippen molar-refractivity contribution in [1.29, 1.82) is 0 Å². The highest BCUT2D eigenvalue weighted by atomic mass is 19.1. The molecule has 5 rings (SSSR count). The average Bonchev–Trinajstić information content (AvgIpc) is 3.27. The van der Waals surface area contributed by atoms with Crippen molar-refractivity contribution in [2.24, 2.45) is 0 Å². The molecule has 2 aromatic heterocycles. The normalized spacial score (nSPS) is 18.2. The van der Waals surface area contributed by atoms with E-state index in [2.05, 4.69) is 15.6 Å². The summed E-state index contributed by atoms with van der Waals surface area (Å²) in [7, 11) is 0. The van der Waals surface area contributed by atoms with Crippen molar-refractivity contribution in [2.45, 2.75) is 56.9 Å². The van der Waals surface area contributed by atoms with Crippen molar-refractivity contribution >= 4 is 5.82 Å². The van der Waals surface area contributed by atoms with Crippen LogP contribution >= 0.6 is 0 Å². The van der Waals surface area contributed by atoms with Crippen molar-refractivity contribution < 1.29 is 8.81 Å². The van der Waals surface area contributed by atoms with E-state index in [1.165, 1.54) is 44.2 Å². The van der Waals surface area contributed by atoms with Gasteiger partial charge in [0.05, 0.1) is 0 Å². The number of pyridine rings is 1. The van der Waals surface area contributed by atoms with E-state index in [1.54, 1.807) is 12.1 Å². The van der Waals surface area contributed by atoms with Gasteiger partial charge in [0.15, 0.2) is 11.7 Å². The Labute approximate surface area is 182 Å². The zero-order valence-electron chi connectivity index (χ0n) is 17.7. The molecule has 3 heterocycles. The largest absolute Gasteiger partial charge is 0.440 e. The molecule has 31 heavy (non-hydrogen) atoms. The number of oxazole rings is 1. The quantitative estimate of drug-likeness (QED) is 0.550. The zero-order chi connectivity index (χ0) is 21.0. The van der Waals surface area contributed by atoms with Gasteiger partial charge in [-0.05, 0) is 75.2 Å². The lowest BCUT2D eigenvalue weighted by atomic mass is 9.95. The zero-order valence-corrected chi connectivity index (χ0v) is 17.7. The number of nitrogens with zero attached hydrogens (tertiary/aromatic N) is 2. The molecule has 1 saturated heterocycles. The molecule has 2 aliphatic rings. The molecule has 1 aromatic carbocycles. The van der Waals surface area contributed by atoms with Crippen molar-refractivity contribution in [3.8, 4) is 22.6 Å². The van der Waals surface area contributed by atoms with Crippen LogP contribution < -0.4 is 10.6 Å². The van der Waals surface area contributed by atoms with E-state index in [4.69, 9.17) is 9.40 Å². The molecule has 0 atom stereocenters. The number of hydrogen-bond acceptors (Lipinski definition) is 5. The van der Waals surface area contributed by atoms with Crippen molar-refractivity contribution in [1.82, 2.24) is 15.3 Å². The molecule has 0 bridgehead atoms. The summed E-state index contributed by atoms with van der Waals surface area (Å²) in [6, 6.07) is 11.0. The number of rotatable bonds is 5. The standard InChI is InChI=1S/C25H29FN4O/c26-20-8-6-17(7-9-20)23-24(31-25(30-23)18-10-13-27-14-11-18)19-12-15-28-22(16-19)29-21-4-2-1-3-5-21/h6-9,12,15-16,18,21,27H,1-5,10-11,13-14H2,(H,28,29). The topological polar surface area (TPSA) is 63.0 Å². The van der Waals surface area contributed by atoms with E-state index >= 15 is 0 Å². The van der Waals surface area contributed by atoms with Crippen molar-refractivity contribution in [3.63, 3.8) is 0 Å². The van der Waals surface area contributed by atoms with Gasteiger partial charge in [-0.15, -0.1) is 0 Å². The fourth-order valence-electron chi connectivity index (χ4n) is 4.69. The van der Waals surface area contributed by atoms with Gasteiger partial charge in [0.1, 0.15) is 17.3 Å². The summed E-state index contributed by atoms with van der Waals surface area (Å²) in [5.74, 6) is 2.42. The molecule has 1 aliphatic heterocycles. The van der Waals surface area contributed by atoms with E-state index in [1.807, 2.05) is 18.3 Å². The fourth-order valence-corrected chi connectivity index (χ4v) is 4.69. The van der Waals surface area contributed by atoms with Crippen molar-refractivity contribution in [2.75, 3.05) is 18.4 Å². The van der Waals surface area contributed by atoms with Gasteiger partial charge in [-0.25, -0.2) is 14.4 Å². The van der Waals surface area contributed by atoms with Crippen LogP contribution in [-0.4, -0.2) is 29.1 Å². The second kappa shape index (κ2) is 9.18. The first-order chi connectivity index (χ1) is 15.3. The monoisotopic (exact) mass is 420 g/mol. The van der Waals surface area contributed by atoms with Gasteiger partial charge in [-0.3, -0.25) is 0 Å². The van der Waals surface area contributed by atoms with E-state index in [0.717, 1.165) is 60.2 Å². The molecular weight excluding hydrogens is 391 g/mol. The van der Waals surface area contributed by atoms with E-state index in [0.29, 0.717) is 12.0 Å². The molecule has 2 fully saturated rings. The van der Waals surface area contributed by atoms with Gasteiger partial charge in [0.25, 0.3) is 0 Å². The SMILES string of the molecule is Fc1ccc(-c2nc(C3CCNCC3)oc2-c2ccnc(NC3CCCCC3)c2)cc1. The predicted molar refractivity (Wildman–Crippen MR) is 120 cm³/mol. The Hall–Kier alpha value is -2.73. The van der Waals surface area contributed by atoms with Gasteiger partial charge in [0.2, 0.25) is 0 Å². The van der Waals surface area contributed by atoms with Crippen LogP contribution in [0, 0.1) is 5.82 Å². The minimum absolute atomic E-state index is 0.254. The highest BCUT2D eigenvalue weighted by Gasteiger charge is 2.25. The number of nitrogens with one attached hydrogen (secondary N) is 2. The maximum atomic E-state index is 13.5. The number of piperidine rings is 1. The second-order valence-electron chi connectivity index (χ2n) is 8.67. The maximum Gasteiger partial charge on any atom is 0.198 e. The van der Waals surface area contributed by atoms with Gasteiger partial charge >= 0.3 is 0 Å². The molecular formula is C25H29FN4O. The van der Waals surface area contributed by atoms with E-state index in [-0.39, 0.29) is 5.82 Å². The third-order valence-corrected chi connectivity index (χ3v) is 6.43. The Morgan fingerprint density at radius 2 is 1.71 bits per heavy atom. The number of halogens is 1. The summed E-state index contributed by atoms with van der Waals surface area (Å²) in [4.78, 5) is 9.44. The van der Waals surface area contributed by atoms with Crippen LogP contribution in [0.25, 0.3) is 22.6 Å². The third kappa shape index (κ3) is 4.64. The minimum atomic E-state index is -0.254. The summed E-state index contributed by atoms with van der Waals surface area (Å²) in [5, 5.41) is 6.99. The highest BCUT2D eigenvalue weighted by molar-refractivity contribution is 5.78. The predicted octanol–water partition coefficient (Wildman–Crippen LogP) is 5.75. The summed E-state index contributed by atoms with van der Waals surface area (Å²) in [6.45, 7) is 1.94. The van der Waals surface area contributed by atoms with Crippen LogP contribution in [0.4, 0.5) is 10.2 Å². The molecule has 2 N–H and O–H groups in total. The summed E-state index contributed by atoms with van der Waals surface area (Å²) in [6.07, 6.45) is 10.1. The molecule has 0 unspecified atom stereocenters. The first-order valence-electron chi connectivity index (χ1n) is 11.5. The Morgan fingerprint density at radius 3 is 2.48 bits per heavy atom. The summed E-state index contributed by atoms with van der Waals surface area (Å²) >= 11 is 0. The molecule has 6 heteroatoms. The van der Waals surface area contributed by atoms with Crippen molar-refractivity contribution in [3.05, 3.63) is 54.3 Å². The smallest absolute Gasteiger partial charge is 0.198 e. The second-order valence-corrected chi connectivity index (χ2v) is 8.67. The van der Waals surface area contributed by atoms with Gasteiger partial charge in [-0.1, -0.05) is 19.3 Å². The Bertz CT molecular complexity index is 1000. The van der Waals surface area contributed by atoms with Crippen LogP contribution in [0.3, 0.4) is 0 Å². The van der Waals surface area contributed by atoms with Crippen LogP contribution in [0.1, 0.15) is 56.8 Å². The first-order valence-corrected chi connectivity index (χ1v) is 11.5. The minimum Gasteiger partial charge on any atom is -0.440 e. The van der Waals surface area contributed by atoms with Crippen LogP contribution in [-0.2, 0) is 0 Å². The summed E-state index contributed by atoms with van der Waals surface area (Å²) in [5.41, 5.74) is 2.57. The van der Waals surface area contributed by atoms with E-state index in [9.17, 15) is 4.39 Å². The number of aromatic nitrogens is 2. The molecule has 0 spiro atoms. The van der Waals surface area contributed by atoms with Gasteiger partial charge in [0, 0.05) is 29.3 Å². The number of benzene rings is 1. The lowest BCUT2D eigenvalue weighted by Gasteiger charge is -2.23. The lowest BCUT2D eigenvalue weighted by Crippen LogP contribution is -2.26. The third-order valence-electron chi connectivity index (χ3n) is 6.43. The molecule has 1 saturated carbocycles. The molecule has 0 radical (unpaired) electrons. The van der Waals surface area contributed by atoms with E-state index < -0.39 is 0 Å². The van der Waals surface area contributed by atoms with Crippen LogP contribution in [0.2, 0.25) is 0 Å². The van der Waals surface area contributed by atoms with Crippen LogP contribution in [0.5, 0.6) is 0 Å². The molecule has 1 aliphatic carbocycles. The maximum absolute atomic E-state index is 13.5. The Kier molecular flexibility index (Phi) is 5.98. The lowest BCUT2D eigenvalue weighted by molar-refractivity contribution is 0.378. The first kappa shape index (κ1) is 20.2.